The van der Waals surface area contributed by atoms with Gasteiger partial charge in [0.05, 0.1) is 5.56 Å². The van der Waals surface area contributed by atoms with Gasteiger partial charge in [-0.15, -0.1) is 11.3 Å². The summed E-state index contributed by atoms with van der Waals surface area (Å²) >= 11 is 1.58. The van der Waals surface area contributed by atoms with Crippen molar-refractivity contribution in [3.63, 3.8) is 0 Å². The molecule has 0 atom stereocenters. The number of amides is 1. The van der Waals surface area contributed by atoms with Crippen LogP contribution in [0.15, 0.2) is 18.2 Å². The Balaban J connectivity index is 1.62. The summed E-state index contributed by atoms with van der Waals surface area (Å²) in [7, 11) is 0. The molecule has 1 amide bonds. The maximum Gasteiger partial charge on any atom is 0.256 e. The molecule has 2 aromatic rings. The second-order valence-electron chi connectivity index (χ2n) is 6.32. The topological polar surface area (TPSA) is 52.9 Å². The van der Waals surface area contributed by atoms with Gasteiger partial charge in [0, 0.05) is 10.4 Å². The van der Waals surface area contributed by atoms with E-state index >= 15 is 0 Å². The molecular formula is C19H18N2OS. The average Bonchev–Trinajstić information content (AvgIpc) is 3.17. The Morgan fingerprint density at radius 1 is 1.09 bits per heavy atom. The van der Waals surface area contributed by atoms with Gasteiger partial charge in [0.2, 0.25) is 0 Å². The fraction of sp³-hybridized carbons (Fsp3) is 0.368. The molecule has 2 aliphatic carbocycles. The van der Waals surface area contributed by atoms with Crippen LogP contribution >= 0.6 is 11.3 Å². The van der Waals surface area contributed by atoms with Crippen molar-refractivity contribution in [3.8, 4) is 6.07 Å². The zero-order valence-electron chi connectivity index (χ0n) is 12.9. The highest BCUT2D eigenvalue weighted by Crippen LogP contribution is 2.37. The Morgan fingerprint density at radius 2 is 1.91 bits per heavy atom. The number of carbonyl (C=O) groups is 1. The standard InChI is InChI=1S/C19H18N2OS/c20-11-16-15-6-1-2-7-17(15)23-19(16)21-18(22)14-9-8-12-4-3-5-13(12)10-14/h8-10H,1-7H2,(H,21,22). The molecule has 0 radical (unpaired) electrons. The molecule has 0 spiro atoms. The van der Waals surface area contributed by atoms with E-state index < -0.39 is 0 Å². The molecule has 2 aliphatic rings. The molecule has 0 fully saturated rings. The van der Waals surface area contributed by atoms with Crippen molar-refractivity contribution in [2.24, 2.45) is 0 Å². The van der Waals surface area contributed by atoms with Crippen LogP contribution in [0.1, 0.15) is 56.8 Å². The zero-order chi connectivity index (χ0) is 15.8. The number of anilines is 1. The van der Waals surface area contributed by atoms with Crippen LogP contribution in [0.3, 0.4) is 0 Å². The summed E-state index contributed by atoms with van der Waals surface area (Å²) in [4.78, 5) is 13.9. The van der Waals surface area contributed by atoms with Gasteiger partial charge in [0.25, 0.3) is 5.91 Å². The number of nitrogens with zero attached hydrogens (tertiary/aromatic N) is 1. The van der Waals surface area contributed by atoms with Crippen molar-refractivity contribution in [3.05, 3.63) is 50.9 Å². The van der Waals surface area contributed by atoms with Crippen molar-refractivity contribution >= 4 is 22.2 Å². The molecule has 0 aliphatic heterocycles. The number of benzene rings is 1. The lowest BCUT2D eigenvalue weighted by Gasteiger charge is -2.09. The van der Waals surface area contributed by atoms with Crippen molar-refractivity contribution in [1.82, 2.24) is 0 Å². The van der Waals surface area contributed by atoms with E-state index in [1.807, 2.05) is 12.1 Å². The van der Waals surface area contributed by atoms with Gasteiger partial charge in [-0.05, 0) is 73.8 Å². The number of thiophene rings is 1. The Labute approximate surface area is 140 Å². The maximum atomic E-state index is 12.6. The molecular weight excluding hydrogens is 304 g/mol. The van der Waals surface area contributed by atoms with Crippen LogP contribution in [0.5, 0.6) is 0 Å². The third-order valence-electron chi connectivity index (χ3n) is 4.87. The second kappa shape index (κ2) is 5.82. The van der Waals surface area contributed by atoms with Crippen LogP contribution in [0.25, 0.3) is 0 Å². The number of aryl methyl sites for hydroxylation is 3. The molecule has 1 N–H and O–H groups in total. The molecule has 4 rings (SSSR count). The molecule has 23 heavy (non-hydrogen) atoms. The fourth-order valence-corrected chi connectivity index (χ4v) is 4.90. The minimum Gasteiger partial charge on any atom is -0.312 e. The highest BCUT2D eigenvalue weighted by atomic mass is 32.1. The first kappa shape index (κ1) is 14.5. The normalized spacial score (nSPS) is 15.6. The molecule has 4 heteroatoms. The highest BCUT2D eigenvalue weighted by Gasteiger charge is 2.22. The van der Waals surface area contributed by atoms with Gasteiger partial charge in [-0.2, -0.15) is 5.26 Å². The van der Waals surface area contributed by atoms with Crippen LogP contribution in [0.2, 0.25) is 0 Å². The van der Waals surface area contributed by atoms with Crippen molar-refractivity contribution < 1.29 is 4.79 Å². The fourth-order valence-electron chi connectivity index (χ4n) is 3.66. The minimum atomic E-state index is -0.102. The van der Waals surface area contributed by atoms with Gasteiger partial charge >= 0.3 is 0 Å². The molecule has 116 valence electrons. The molecule has 1 aromatic carbocycles. The first-order valence-corrected chi connectivity index (χ1v) is 9.05. The smallest absolute Gasteiger partial charge is 0.256 e. The molecule has 1 heterocycles. The van der Waals surface area contributed by atoms with Gasteiger partial charge in [0.15, 0.2) is 0 Å². The number of hydrogen-bond acceptors (Lipinski definition) is 3. The van der Waals surface area contributed by atoms with Crippen LogP contribution < -0.4 is 5.32 Å². The summed E-state index contributed by atoms with van der Waals surface area (Å²) in [5, 5.41) is 13.2. The quantitative estimate of drug-likeness (QED) is 0.899. The van der Waals surface area contributed by atoms with Gasteiger partial charge < -0.3 is 5.32 Å². The van der Waals surface area contributed by atoms with Gasteiger partial charge in [0.1, 0.15) is 11.1 Å². The van der Waals surface area contributed by atoms with E-state index in [0.717, 1.165) is 42.7 Å². The SMILES string of the molecule is N#Cc1c(NC(=O)c2ccc3c(c2)CCC3)sc2c1CCCC2. The lowest BCUT2D eigenvalue weighted by molar-refractivity contribution is 0.102. The minimum absolute atomic E-state index is 0.102. The van der Waals surface area contributed by atoms with E-state index in [-0.39, 0.29) is 5.91 Å². The largest absolute Gasteiger partial charge is 0.312 e. The lowest BCUT2D eigenvalue weighted by Crippen LogP contribution is -2.12. The summed E-state index contributed by atoms with van der Waals surface area (Å²) in [6.45, 7) is 0. The van der Waals surface area contributed by atoms with Gasteiger partial charge in [-0.1, -0.05) is 6.07 Å². The summed E-state index contributed by atoms with van der Waals surface area (Å²) in [6, 6.07) is 8.28. The van der Waals surface area contributed by atoms with E-state index in [2.05, 4.69) is 17.5 Å². The summed E-state index contributed by atoms with van der Waals surface area (Å²) in [5.41, 5.74) is 5.20. The lowest BCUT2D eigenvalue weighted by atomic mass is 9.96. The van der Waals surface area contributed by atoms with E-state index in [4.69, 9.17) is 0 Å². The first-order chi connectivity index (χ1) is 11.3. The zero-order valence-corrected chi connectivity index (χ0v) is 13.8. The first-order valence-electron chi connectivity index (χ1n) is 8.24. The summed E-state index contributed by atoms with van der Waals surface area (Å²) < 4.78 is 0. The number of hydrogen-bond donors (Lipinski definition) is 1. The Morgan fingerprint density at radius 3 is 2.78 bits per heavy atom. The van der Waals surface area contributed by atoms with Crippen LogP contribution in [-0.4, -0.2) is 5.91 Å². The number of nitrogens with one attached hydrogen (secondary N) is 1. The Hall–Kier alpha value is -2.12. The van der Waals surface area contributed by atoms with Gasteiger partial charge in [-0.3, -0.25) is 4.79 Å². The van der Waals surface area contributed by atoms with Crippen LogP contribution in [0.4, 0.5) is 5.00 Å². The third-order valence-corrected chi connectivity index (χ3v) is 6.08. The van der Waals surface area contributed by atoms with Crippen LogP contribution in [0, 0.1) is 11.3 Å². The van der Waals surface area contributed by atoms with Crippen molar-refractivity contribution in [1.29, 1.82) is 5.26 Å². The second-order valence-corrected chi connectivity index (χ2v) is 7.42. The van der Waals surface area contributed by atoms with Crippen LogP contribution in [-0.2, 0) is 25.7 Å². The Bertz CT molecular complexity index is 829. The Kier molecular flexibility index (Phi) is 3.66. The summed E-state index contributed by atoms with van der Waals surface area (Å²) in [5.74, 6) is -0.102. The van der Waals surface area contributed by atoms with E-state index in [1.54, 1.807) is 11.3 Å². The monoisotopic (exact) mass is 322 g/mol. The van der Waals surface area contributed by atoms with Crippen molar-refractivity contribution in [2.75, 3.05) is 5.32 Å². The van der Waals surface area contributed by atoms with E-state index in [0.29, 0.717) is 11.1 Å². The van der Waals surface area contributed by atoms with Crippen molar-refractivity contribution in [2.45, 2.75) is 44.9 Å². The average molecular weight is 322 g/mol. The predicted octanol–water partition coefficient (Wildman–Crippen LogP) is 4.24. The highest BCUT2D eigenvalue weighted by molar-refractivity contribution is 7.16. The number of rotatable bonds is 2. The molecule has 0 unspecified atom stereocenters. The third kappa shape index (κ3) is 2.55. The summed E-state index contributed by atoms with van der Waals surface area (Å²) in [6.07, 6.45) is 7.66. The number of nitriles is 1. The van der Waals surface area contributed by atoms with E-state index in [9.17, 15) is 10.1 Å². The predicted molar refractivity (Wildman–Crippen MR) is 92.1 cm³/mol. The van der Waals surface area contributed by atoms with E-state index in [1.165, 1.54) is 28.8 Å². The molecule has 0 bridgehead atoms. The molecule has 0 saturated carbocycles. The molecule has 0 saturated heterocycles. The number of carbonyl (C=O) groups excluding carboxylic acids is 1. The number of fused-ring (bicyclic) bond motifs is 2. The molecule has 3 nitrogen and oxygen atoms in total. The molecule has 1 aromatic heterocycles. The van der Waals surface area contributed by atoms with Gasteiger partial charge in [-0.25, -0.2) is 0 Å². The maximum absolute atomic E-state index is 12.6.